The minimum absolute atomic E-state index is 0.119. The minimum atomic E-state index is -0.119. The Hall–Kier alpha value is -2.60. The fraction of sp³-hybridized carbons (Fsp3) is 0.111. The molecule has 0 unspecified atom stereocenters. The molecule has 0 saturated heterocycles. The first-order valence-corrected chi connectivity index (χ1v) is 8.17. The van der Waals surface area contributed by atoms with Crippen molar-refractivity contribution in [2.45, 2.75) is 6.54 Å². The van der Waals surface area contributed by atoms with E-state index in [1.807, 2.05) is 42.6 Å². The normalized spacial score (nSPS) is 10.4. The number of benzene rings is 2. The van der Waals surface area contributed by atoms with Gasteiger partial charge in [-0.2, -0.15) is 5.10 Å². The van der Waals surface area contributed by atoms with Crippen molar-refractivity contribution in [1.29, 1.82) is 0 Å². The maximum Gasteiger partial charge on any atom is 0.251 e. The van der Waals surface area contributed by atoms with Gasteiger partial charge in [0, 0.05) is 18.3 Å². The summed E-state index contributed by atoms with van der Waals surface area (Å²) in [5, 5.41) is 7.12. The van der Waals surface area contributed by atoms with Crippen molar-refractivity contribution in [2.75, 3.05) is 7.11 Å². The van der Waals surface area contributed by atoms with Gasteiger partial charge in [0.2, 0.25) is 0 Å². The van der Waals surface area contributed by atoms with E-state index >= 15 is 0 Å². The van der Waals surface area contributed by atoms with Crippen molar-refractivity contribution in [3.63, 3.8) is 0 Å². The van der Waals surface area contributed by atoms with Crippen LogP contribution in [-0.2, 0) is 6.54 Å². The van der Waals surface area contributed by atoms with Crippen molar-refractivity contribution in [3.8, 4) is 11.4 Å². The molecular formula is C18H16BrN3O2. The highest BCUT2D eigenvalue weighted by Crippen LogP contribution is 2.14. The summed E-state index contributed by atoms with van der Waals surface area (Å²) in [7, 11) is 1.62. The molecule has 0 atom stereocenters. The van der Waals surface area contributed by atoms with Crippen LogP contribution >= 0.6 is 15.9 Å². The highest BCUT2D eigenvalue weighted by molar-refractivity contribution is 9.10. The zero-order chi connectivity index (χ0) is 16.9. The van der Waals surface area contributed by atoms with Crippen molar-refractivity contribution in [3.05, 3.63) is 76.5 Å². The number of halogens is 1. The van der Waals surface area contributed by atoms with E-state index in [-0.39, 0.29) is 5.91 Å². The van der Waals surface area contributed by atoms with Crippen molar-refractivity contribution < 1.29 is 9.53 Å². The highest BCUT2D eigenvalue weighted by atomic mass is 79.9. The van der Waals surface area contributed by atoms with Crippen LogP contribution in [0, 0.1) is 0 Å². The number of aromatic nitrogens is 2. The summed E-state index contributed by atoms with van der Waals surface area (Å²) < 4.78 is 7.82. The molecule has 0 spiro atoms. The van der Waals surface area contributed by atoms with Crippen LogP contribution in [0.2, 0.25) is 0 Å². The van der Waals surface area contributed by atoms with Gasteiger partial charge in [-0.3, -0.25) is 4.79 Å². The number of hydrogen-bond acceptors (Lipinski definition) is 3. The molecule has 0 fully saturated rings. The summed E-state index contributed by atoms with van der Waals surface area (Å²) in [6, 6.07) is 14.9. The summed E-state index contributed by atoms with van der Waals surface area (Å²) >= 11 is 3.36. The van der Waals surface area contributed by atoms with Crippen LogP contribution in [0.3, 0.4) is 0 Å². The topological polar surface area (TPSA) is 56.1 Å². The Labute approximate surface area is 148 Å². The quantitative estimate of drug-likeness (QED) is 0.730. The maximum atomic E-state index is 12.3. The molecule has 0 aliphatic carbocycles. The van der Waals surface area contributed by atoms with Gasteiger partial charge in [0.15, 0.2) is 0 Å². The van der Waals surface area contributed by atoms with E-state index in [1.54, 1.807) is 30.1 Å². The van der Waals surface area contributed by atoms with Gasteiger partial charge in [-0.15, -0.1) is 0 Å². The number of carbonyl (C=O) groups is 1. The molecule has 0 aliphatic rings. The first kappa shape index (κ1) is 16.3. The van der Waals surface area contributed by atoms with E-state index < -0.39 is 0 Å². The Bertz CT molecular complexity index is 843. The Kier molecular flexibility index (Phi) is 4.96. The lowest BCUT2D eigenvalue weighted by atomic mass is 10.1. The van der Waals surface area contributed by atoms with Gasteiger partial charge in [-0.1, -0.05) is 12.1 Å². The van der Waals surface area contributed by atoms with E-state index in [9.17, 15) is 4.79 Å². The second kappa shape index (κ2) is 7.31. The smallest absolute Gasteiger partial charge is 0.251 e. The number of hydrogen-bond donors (Lipinski definition) is 1. The van der Waals surface area contributed by atoms with Gasteiger partial charge < -0.3 is 10.1 Å². The Morgan fingerprint density at radius 1 is 1.25 bits per heavy atom. The number of carbonyl (C=O) groups excluding carboxylic acids is 1. The molecule has 1 amide bonds. The van der Waals surface area contributed by atoms with Gasteiger partial charge in [0.05, 0.1) is 23.5 Å². The predicted octanol–water partition coefficient (Wildman–Crippen LogP) is 3.57. The number of ether oxygens (including phenoxy) is 1. The summed E-state index contributed by atoms with van der Waals surface area (Å²) in [6.45, 7) is 0.448. The van der Waals surface area contributed by atoms with E-state index in [0.717, 1.165) is 21.5 Å². The average Bonchev–Trinajstić information content (AvgIpc) is 3.06. The number of nitrogens with one attached hydrogen (secondary N) is 1. The fourth-order valence-electron chi connectivity index (χ4n) is 2.27. The van der Waals surface area contributed by atoms with E-state index in [1.165, 1.54) is 0 Å². The second-order valence-corrected chi connectivity index (χ2v) is 6.10. The third-order valence-corrected chi connectivity index (χ3v) is 3.94. The van der Waals surface area contributed by atoms with Crippen molar-refractivity contribution in [1.82, 2.24) is 15.1 Å². The van der Waals surface area contributed by atoms with Crippen LogP contribution in [0.4, 0.5) is 0 Å². The number of methoxy groups -OCH3 is 1. The van der Waals surface area contributed by atoms with Crippen molar-refractivity contribution >= 4 is 21.8 Å². The minimum Gasteiger partial charge on any atom is -0.497 e. The van der Waals surface area contributed by atoms with Crippen LogP contribution < -0.4 is 10.1 Å². The average molecular weight is 386 g/mol. The van der Waals surface area contributed by atoms with Gasteiger partial charge in [0.25, 0.3) is 5.91 Å². The largest absolute Gasteiger partial charge is 0.497 e. The molecule has 0 saturated carbocycles. The van der Waals surface area contributed by atoms with Gasteiger partial charge >= 0.3 is 0 Å². The zero-order valence-electron chi connectivity index (χ0n) is 13.1. The molecule has 3 aromatic rings. The van der Waals surface area contributed by atoms with Crippen LogP contribution in [0.15, 0.2) is 65.4 Å². The molecule has 3 rings (SSSR count). The molecule has 24 heavy (non-hydrogen) atoms. The molecule has 2 aromatic carbocycles. The fourth-order valence-corrected chi connectivity index (χ4v) is 2.56. The van der Waals surface area contributed by atoms with Crippen LogP contribution in [0.5, 0.6) is 5.75 Å². The number of amides is 1. The van der Waals surface area contributed by atoms with Gasteiger partial charge in [0.1, 0.15) is 5.75 Å². The summed E-state index contributed by atoms with van der Waals surface area (Å²) in [6.07, 6.45) is 3.58. The molecule has 0 aliphatic heterocycles. The number of rotatable bonds is 5. The van der Waals surface area contributed by atoms with E-state index in [0.29, 0.717) is 12.1 Å². The molecule has 1 aromatic heterocycles. The molecule has 5 nitrogen and oxygen atoms in total. The zero-order valence-corrected chi connectivity index (χ0v) is 14.7. The predicted molar refractivity (Wildman–Crippen MR) is 95.4 cm³/mol. The lowest BCUT2D eigenvalue weighted by Crippen LogP contribution is -2.22. The molecule has 1 N–H and O–H groups in total. The van der Waals surface area contributed by atoms with Gasteiger partial charge in [-0.25, -0.2) is 4.68 Å². The van der Waals surface area contributed by atoms with Crippen LogP contribution in [0.1, 0.15) is 15.9 Å². The molecule has 0 radical (unpaired) electrons. The molecular weight excluding hydrogens is 370 g/mol. The highest BCUT2D eigenvalue weighted by Gasteiger charge is 2.07. The van der Waals surface area contributed by atoms with E-state index in [4.69, 9.17) is 4.74 Å². The molecule has 1 heterocycles. The van der Waals surface area contributed by atoms with E-state index in [2.05, 4.69) is 26.3 Å². The first-order chi connectivity index (χ1) is 11.7. The second-order valence-electron chi connectivity index (χ2n) is 5.18. The molecule has 6 heteroatoms. The molecule has 0 bridgehead atoms. The lowest BCUT2D eigenvalue weighted by Gasteiger charge is -2.08. The van der Waals surface area contributed by atoms with Crippen LogP contribution in [-0.4, -0.2) is 22.8 Å². The Morgan fingerprint density at radius 3 is 2.71 bits per heavy atom. The standard InChI is InChI=1S/C18H16BrN3O2/c1-24-17-4-2-3-13(9-17)10-20-18(23)14-5-7-16(8-6-14)22-12-15(19)11-21-22/h2-9,11-12H,10H2,1H3,(H,20,23). The molecule has 122 valence electrons. The first-order valence-electron chi connectivity index (χ1n) is 7.37. The Morgan fingerprint density at radius 2 is 2.04 bits per heavy atom. The lowest BCUT2D eigenvalue weighted by molar-refractivity contribution is 0.0951. The third kappa shape index (κ3) is 3.83. The Balaban J connectivity index is 1.64. The third-order valence-electron chi connectivity index (χ3n) is 3.53. The van der Waals surface area contributed by atoms with Crippen molar-refractivity contribution in [2.24, 2.45) is 0 Å². The maximum absolute atomic E-state index is 12.3. The van der Waals surface area contributed by atoms with Crippen LogP contribution in [0.25, 0.3) is 5.69 Å². The summed E-state index contributed by atoms with van der Waals surface area (Å²) in [5.41, 5.74) is 2.48. The monoisotopic (exact) mass is 385 g/mol. The number of nitrogens with zero attached hydrogens (tertiary/aromatic N) is 2. The summed E-state index contributed by atoms with van der Waals surface area (Å²) in [5.74, 6) is 0.655. The summed E-state index contributed by atoms with van der Waals surface area (Å²) in [4.78, 5) is 12.3. The van der Waals surface area contributed by atoms with Gasteiger partial charge in [-0.05, 0) is 57.9 Å². The SMILES string of the molecule is COc1cccc(CNC(=O)c2ccc(-n3cc(Br)cn3)cc2)c1.